The molecular weight excluding hydrogens is 376 g/mol. The summed E-state index contributed by atoms with van der Waals surface area (Å²) >= 11 is 0. The molecule has 3 rings (SSSR count). The van der Waals surface area contributed by atoms with Crippen LogP contribution in [0.1, 0.15) is 22.6 Å². The van der Waals surface area contributed by atoms with Crippen LogP contribution in [0, 0.1) is 6.92 Å². The van der Waals surface area contributed by atoms with Crippen molar-refractivity contribution in [1.82, 2.24) is 19.2 Å². The van der Waals surface area contributed by atoms with Gasteiger partial charge in [0.1, 0.15) is 5.82 Å². The molecule has 1 N–H and O–H groups in total. The van der Waals surface area contributed by atoms with E-state index in [4.69, 9.17) is 0 Å². The van der Waals surface area contributed by atoms with Gasteiger partial charge in [0.05, 0.1) is 15.9 Å². The minimum atomic E-state index is -3.57. The van der Waals surface area contributed by atoms with Crippen LogP contribution in [-0.4, -0.2) is 48.8 Å². The third-order valence-corrected chi connectivity index (χ3v) is 6.38. The highest BCUT2D eigenvalue weighted by Gasteiger charge is 2.18. The summed E-state index contributed by atoms with van der Waals surface area (Å²) in [7, 11) is -0.646. The standard InChI is InChI=1S/C20H24N4O3S/c1-15-22-18-10-4-5-11-19(18)24(15)13-7-12-21-20(25)16-8-6-9-17(14-16)28(26,27)23(2)3/h4-6,8-11,14H,7,12-13H2,1-3H3,(H,21,25). The number of aromatic nitrogens is 2. The van der Waals surface area contributed by atoms with Crippen molar-refractivity contribution in [3.05, 3.63) is 59.9 Å². The van der Waals surface area contributed by atoms with E-state index >= 15 is 0 Å². The molecule has 0 spiro atoms. The lowest BCUT2D eigenvalue weighted by Gasteiger charge is -2.12. The molecule has 8 heteroatoms. The molecule has 28 heavy (non-hydrogen) atoms. The quantitative estimate of drug-likeness (QED) is 0.617. The largest absolute Gasteiger partial charge is 0.352 e. The van der Waals surface area contributed by atoms with Gasteiger partial charge >= 0.3 is 0 Å². The monoisotopic (exact) mass is 400 g/mol. The Hall–Kier alpha value is -2.71. The van der Waals surface area contributed by atoms with Crippen molar-refractivity contribution in [3.8, 4) is 0 Å². The number of para-hydroxylation sites is 2. The summed E-state index contributed by atoms with van der Waals surface area (Å²) in [5.41, 5.74) is 2.36. The van der Waals surface area contributed by atoms with E-state index in [9.17, 15) is 13.2 Å². The summed E-state index contributed by atoms with van der Waals surface area (Å²) in [5, 5.41) is 2.86. The number of hydrogen-bond donors (Lipinski definition) is 1. The molecule has 0 unspecified atom stereocenters. The second kappa shape index (κ2) is 8.12. The number of sulfonamides is 1. The van der Waals surface area contributed by atoms with Gasteiger partial charge in [-0.05, 0) is 43.7 Å². The predicted octanol–water partition coefficient (Wildman–Crippen LogP) is 2.42. The van der Waals surface area contributed by atoms with Crippen molar-refractivity contribution in [2.45, 2.75) is 24.8 Å². The maximum atomic E-state index is 12.4. The van der Waals surface area contributed by atoms with Gasteiger partial charge in [-0.1, -0.05) is 18.2 Å². The van der Waals surface area contributed by atoms with Crippen LogP contribution in [0.5, 0.6) is 0 Å². The van der Waals surface area contributed by atoms with Gasteiger partial charge in [-0.15, -0.1) is 0 Å². The van der Waals surface area contributed by atoms with E-state index in [1.807, 2.05) is 31.2 Å². The second-order valence-corrected chi connectivity index (χ2v) is 8.88. The van der Waals surface area contributed by atoms with Crippen molar-refractivity contribution >= 4 is 27.0 Å². The van der Waals surface area contributed by atoms with E-state index in [0.29, 0.717) is 12.1 Å². The first-order valence-corrected chi connectivity index (χ1v) is 10.5. The van der Waals surface area contributed by atoms with E-state index in [1.165, 1.54) is 26.2 Å². The van der Waals surface area contributed by atoms with Gasteiger partial charge in [0.25, 0.3) is 5.91 Å². The zero-order valence-corrected chi connectivity index (χ0v) is 17.0. The van der Waals surface area contributed by atoms with Crippen LogP contribution in [0.2, 0.25) is 0 Å². The molecule has 0 aliphatic carbocycles. The Morgan fingerprint density at radius 3 is 2.64 bits per heavy atom. The number of rotatable bonds is 7. The van der Waals surface area contributed by atoms with Gasteiger partial charge in [0.2, 0.25) is 10.0 Å². The maximum absolute atomic E-state index is 12.4. The number of carbonyl (C=O) groups is 1. The molecule has 7 nitrogen and oxygen atoms in total. The number of amides is 1. The van der Waals surface area contributed by atoms with Crippen molar-refractivity contribution in [2.75, 3.05) is 20.6 Å². The molecule has 0 radical (unpaired) electrons. The molecule has 0 atom stereocenters. The Bertz CT molecular complexity index is 1100. The van der Waals surface area contributed by atoms with E-state index in [-0.39, 0.29) is 10.8 Å². The lowest BCUT2D eigenvalue weighted by molar-refractivity contribution is 0.0952. The molecule has 0 saturated carbocycles. The third kappa shape index (κ3) is 4.07. The number of fused-ring (bicyclic) bond motifs is 1. The van der Waals surface area contributed by atoms with Crippen molar-refractivity contribution < 1.29 is 13.2 Å². The second-order valence-electron chi connectivity index (χ2n) is 6.72. The van der Waals surface area contributed by atoms with Gasteiger partial charge in [-0.3, -0.25) is 4.79 Å². The highest BCUT2D eigenvalue weighted by molar-refractivity contribution is 7.89. The van der Waals surface area contributed by atoms with Crippen LogP contribution in [0.25, 0.3) is 11.0 Å². The van der Waals surface area contributed by atoms with Crippen LogP contribution in [-0.2, 0) is 16.6 Å². The fraction of sp³-hybridized carbons (Fsp3) is 0.300. The number of benzene rings is 2. The molecule has 0 aliphatic heterocycles. The van der Waals surface area contributed by atoms with Crippen molar-refractivity contribution in [2.24, 2.45) is 0 Å². The topological polar surface area (TPSA) is 84.3 Å². The molecule has 1 heterocycles. The summed E-state index contributed by atoms with van der Waals surface area (Å²) in [6, 6.07) is 14.0. The van der Waals surface area contributed by atoms with Crippen molar-refractivity contribution in [1.29, 1.82) is 0 Å². The maximum Gasteiger partial charge on any atom is 0.251 e. The van der Waals surface area contributed by atoms with Crippen LogP contribution < -0.4 is 5.32 Å². The first kappa shape index (κ1) is 20.0. The fourth-order valence-electron chi connectivity index (χ4n) is 3.03. The highest BCUT2D eigenvalue weighted by atomic mass is 32.2. The highest BCUT2D eigenvalue weighted by Crippen LogP contribution is 2.16. The average molecular weight is 401 g/mol. The Morgan fingerprint density at radius 1 is 1.14 bits per heavy atom. The predicted molar refractivity (Wildman–Crippen MR) is 109 cm³/mol. The number of carbonyl (C=O) groups excluding carboxylic acids is 1. The number of nitrogens with zero attached hydrogens (tertiary/aromatic N) is 3. The number of hydrogen-bond acceptors (Lipinski definition) is 4. The van der Waals surface area contributed by atoms with Crippen LogP contribution in [0.4, 0.5) is 0 Å². The molecule has 0 fully saturated rings. The molecule has 0 saturated heterocycles. The van der Waals surface area contributed by atoms with Crippen LogP contribution in [0.15, 0.2) is 53.4 Å². The van der Waals surface area contributed by atoms with Gasteiger partial charge < -0.3 is 9.88 Å². The lowest BCUT2D eigenvalue weighted by Crippen LogP contribution is -2.26. The first-order valence-electron chi connectivity index (χ1n) is 9.03. The minimum Gasteiger partial charge on any atom is -0.352 e. The van der Waals surface area contributed by atoms with E-state index in [2.05, 4.69) is 14.9 Å². The summed E-state index contributed by atoms with van der Waals surface area (Å²) < 4.78 is 27.7. The summed E-state index contributed by atoms with van der Waals surface area (Å²) in [5.74, 6) is 0.650. The summed E-state index contributed by atoms with van der Waals surface area (Å²) in [4.78, 5) is 17.0. The first-order chi connectivity index (χ1) is 13.3. The van der Waals surface area contributed by atoms with Gasteiger partial charge in [-0.2, -0.15) is 0 Å². The van der Waals surface area contributed by atoms with E-state index < -0.39 is 10.0 Å². The molecule has 2 aromatic carbocycles. The molecule has 0 bridgehead atoms. The smallest absolute Gasteiger partial charge is 0.251 e. The Labute approximate surface area is 165 Å². The molecule has 148 valence electrons. The summed E-state index contributed by atoms with van der Waals surface area (Å²) in [6.45, 7) is 3.19. The van der Waals surface area contributed by atoms with Crippen LogP contribution in [0.3, 0.4) is 0 Å². The fourth-order valence-corrected chi connectivity index (χ4v) is 3.98. The lowest BCUT2D eigenvalue weighted by atomic mass is 10.2. The SMILES string of the molecule is Cc1nc2ccccc2n1CCCNC(=O)c1cccc(S(=O)(=O)N(C)C)c1. The van der Waals surface area contributed by atoms with Gasteiger partial charge in [0, 0.05) is 32.7 Å². The number of imidazole rings is 1. The molecule has 1 aromatic heterocycles. The van der Waals surface area contributed by atoms with Crippen LogP contribution >= 0.6 is 0 Å². The van der Waals surface area contributed by atoms with Gasteiger partial charge in [-0.25, -0.2) is 17.7 Å². The molecule has 3 aromatic rings. The average Bonchev–Trinajstić information content (AvgIpc) is 3.00. The molecule has 0 aliphatic rings. The Balaban J connectivity index is 1.61. The van der Waals surface area contributed by atoms with E-state index in [0.717, 1.165) is 34.1 Å². The molecular formula is C20H24N4O3S. The number of nitrogens with one attached hydrogen (secondary N) is 1. The Kier molecular flexibility index (Phi) is 5.81. The zero-order valence-electron chi connectivity index (χ0n) is 16.2. The van der Waals surface area contributed by atoms with E-state index in [1.54, 1.807) is 12.1 Å². The Morgan fingerprint density at radius 2 is 1.89 bits per heavy atom. The molecule has 1 amide bonds. The minimum absolute atomic E-state index is 0.102. The summed E-state index contributed by atoms with van der Waals surface area (Å²) in [6.07, 6.45) is 0.739. The number of aryl methyl sites for hydroxylation is 2. The zero-order chi connectivity index (χ0) is 20.3. The third-order valence-electron chi connectivity index (χ3n) is 4.56. The van der Waals surface area contributed by atoms with Crippen molar-refractivity contribution in [3.63, 3.8) is 0 Å². The van der Waals surface area contributed by atoms with Gasteiger partial charge in [0.15, 0.2) is 0 Å². The normalized spacial score (nSPS) is 11.9.